The Labute approximate surface area is 181 Å². The minimum absolute atomic E-state index is 0.321. The maximum atomic E-state index is 6.02. The Morgan fingerprint density at radius 1 is 0.933 bits per heavy atom. The average Bonchev–Trinajstić information content (AvgIpc) is 2.79. The normalized spacial score (nSPS) is 16.2. The summed E-state index contributed by atoms with van der Waals surface area (Å²) in [5.41, 5.74) is 4.62. The highest BCUT2D eigenvalue weighted by Crippen LogP contribution is 2.29. The van der Waals surface area contributed by atoms with Crippen LogP contribution in [-0.2, 0) is 27.2 Å². The number of aromatic nitrogens is 1. The second kappa shape index (κ2) is 12.7. The fraction of sp³-hybridized carbons (Fsp3) is 0.560. The number of hydrogen-bond acceptors (Lipinski definition) is 5. The van der Waals surface area contributed by atoms with Crippen molar-refractivity contribution in [2.45, 2.75) is 64.3 Å². The van der Waals surface area contributed by atoms with E-state index in [1.54, 1.807) is 14.2 Å². The van der Waals surface area contributed by atoms with E-state index in [0.717, 1.165) is 42.1 Å². The zero-order valence-corrected chi connectivity index (χ0v) is 18.5. The van der Waals surface area contributed by atoms with Crippen molar-refractivity contribution in [1.82, 2.24) is 4.98 Å². The summed E-state index contributed by atoms with van der Waals surface area (Å²) in [6.07, 6.45) is 9.54. The van der Waals surface area contributed by atoms with Crippen LogP contribution in [0.1, 0.15) is 56.1 Å². The van der Waals surface area contributed by atoms with Gasteiger partial charge in [-0.25, -0.2) is 4.98 Å². The van der Waals surface area contributed by atoms with Crippen molar-refractivity contribution in [3.05, 3.63) is 47.5 Å². The van der Waals surface area contributed by atoms with Gasteiger partial charge in [0.25, 0.3) is 0 Å². The highest BCUT2D eigenvalue weighted by atomic mass is 16.7. The number of fused-ring (bicyclic) bond motifs is 2. The van der Waals surface area contributed by atoms with E-state index in [4.69, 9.17) is 19.2 Å². The molecule has 1 aliphatic rings. The van der Waals surface area contributed by atoms with Gasteiger partial charge in [0.1, 0.15) is 5.82 Å². The van der Waals surface area contributed by atoms with Crippen molar-refractivity contribution in [3.63, 3.8) is 0 Å². The van der Waals surface area contributed by atoms with E-state index in [2.05, 4.69) is 35.6 Å². The number of anilines is 1. The van der Waals surface area contributed by atoms with E-state index in [-0.39, 0.29) is 6.29 Å². The molecule has 1 aliphatic heterocycles. The fourth-order valence-electron chi connectivity index (χ4n) is 3.93. The van der Waals surface area contributed by atoms with Gasteiger partial charge in [-0.3, -0.25) is 0 Å². The Morgan fingerprint density at radius 2 is 1.63 bits per heavy atom. The number of hydrogen-bond donors (Lipinski definition) is 1. The molecule has 2 bridgehead atoms. The lowest BCUT2D eigenvalue weighted by atomic mass is 9.98. The van der Waals surface area contributed by atoms with Crippen molar-refractivity contribution in [2.24, 2.45) is 0 Å². The monoisotopic (exact) mass is 412 g/mol. The molecule has 0 spiro atoms. The van der Waals surface area contributed by atoms with Gasteiger partial charge in [0, 0.05) is 32.0 Å². The summed E-state index contributed by atoms with van der Waals surface area (Å²) in [6.45, 7) is 1.90. The largest absolute Gasteiger partial charge is 0.377 e. The van der Waals surface area contributed by atoms with Crippen molar-refractivity contribution < 1.29 is 14.2 Å². The van der Waals surface area contributed by atoms with Gasteiger partial charge < -0.3 is 19.5 Å². The molecule has 5 nitrogen and oxygen atoms in total. The summed E-state index contributed by atoms with van der Waals surface area (Å²) in [6, 6.07) is 12.8. The van der Waals surface area contributed by atoms with Gasteiger partial charge in [0.15, 0.2) is 6.29 Å². The highest BCUT2D eigenvalue weighted by Gasteiger charge is 2.15. The van der Waals surface area contributed by atoms with Crippen LogP contribution in [0.2, 0.25) is 0 Å². The van der Waals surface area contributed by atoms with Gasteiger partial charge in [0.2, 0.25) is 0 Å². The second-order valence-corrected chi connectivity index (χ2v) is 7.93. The predicted octanol–water partition coefficient (Wildman–Crippen LogP) is 5.58. The van der Waals surface area contributed by atoms with Gasteiger partial charge in [-0.1, -0.05) is 62.4 Å². The lowest BCUT2D eigenvalue weighted by molar-refractivity contribution is -0.0914. The van der Waals surface area contributed by atoms with Crippen LogP contribution < -0.4 is 5.32 Å². The van der Waals surface area contributed by atoms with Crippen molar-refractivity contribution >= 4 is 5.82 Å². The first-order valence-corrected chi connectivity index (χ1v) is 11.3. The molecule has 0 atom stereocenters. The van der Waals surface area contributed by atoms with Crippen LogP contribution in [0.4, 0.5) is 5.82 Å². The standard InChI is InChI=1S/C25H36N2O3/c1-28-23(29-2)18-26-25-22-17-21(24(27-25)20-13-10-8-11-14-20)15-9-6-4-3-5-7-12-16-30-19-22/h8,10-11,13-14,17,23H,3-7,9,12,15-16,18-19H2,1-2H3,(H,26,27). The van der Waals surface area contributed by atoms with Gasteiger partial charge in [0.05, 0.1) is 18.8 Å². The van der Waals surface area contributed by atoms with Crippen LogP contribution in [-0.4, -0.2) is 38.6 Å². The molecule has 0 amide bonds. The molecule has 0 saturated heterocycles. The van der Waals surface area contributed by atoms with Crippen LogP contribution >= 0.6 is 0 Å². The Morgan fingerprint density at radius 3 is 2.37 bits per heavy atom. The third-order valence-corrected chi connectivity index (χ3v) is 5.68. The van der Waals surface area contributed by atoms with Crippen LogP contribution in [0.25, 0.3) is 11.3 Å². The summed E-state index contributed by atoms with van der Waals surface area (Å²) in [7, 11) is 3.30. The van der Waals surface area contributed by atoms with E-state index in [1.807, 2.05) is 6.07 Å². The summed E-state index contributed by atoms with van der Waals surface area (Å²) < 4.78 is 16.7. The first kappa shape index (κ1) is 22.7. The van der Waals surface area contributed by atoms with Crippen LogP contribution in [0.3, 0.4) is 0 Å². The summed E-state index contributed by atoms with van der Waals surface area (Å²) in [4.78, 5) is 5.07. The lowest BCUT2D eigenvalue weighted by Gasteiger charge is -2.20. The molecule has 2 aromatic rings. The molecule has 30 heavy (non-hydrogen) atoms. The molecule has 1 aromatic carbocycles. The van der Waals surface area contributed by atoms with Crippen molar-refractivity contribution in [2.75, 3.05) is 32.7 Å². The number of aryl methyl sites for hydroxylation is 1. The topological polar surface area (TPSA) is 52.6 Å². The summed E-state index contributed by atoms with van der Waals surface area (Å²) in [5, 5.41) is 3.43. The Balaban J connectivity index is 1.92. The van der Waals surface area contributed by atoms with Crippen LogP contribution in [0.5, 0.6) is 0 Å². The fourth-order valence-corrected chi connectivity index (χ4v) is 3.93. The average molecular weight is 413 g/mol. The molecule has 5 heteroatoms. The number of ether oxygens (including phenoxy) is 3. The number of methoxy groups -OCH3 is 2. The van der Waals surface area contributed by atoms with E-state index >= 15 is 0 Å². The highest BCUT2D eigenvalue weighted by molar-refractivity contribution is 5.67. The molecule has 0 fully saturated rings. The minimum Gasteiger partial charge on any atom is -0.377 e. The first-order valence-electron chi connectivity index (χ1n) is 11.3. The molecule has 1 N–H and O–H groups in total. The predicted molar refractivity (Wildman–Crippen MR) is 122 cm³/mol. The van der Waals surface area contributed by atoms with E-state index in [1.165, 1.54) is 44.1 Å². The number of benzene rings is 1. The van der Waals surface area contributed by atoms with Gasteiger partial charge in [-0.05, 0) is 30.9 Å². The summed E-state index contributed by atoms with van der Waals surface area (Å²) in [5.74, 6) is 0.851. The molecular weight excluding hydrogens is 376 g/mol. The molecular formula is C25H36N2O3. The molecule has 0 unspecified atom stereocenters. The van der Waals surface area contributed by atoms with Gasteiger partial charge >= 0.3 is 0 Å². The van der Waals surface area contributed by atoms with Gasteiger partial charge in [-0.2, -0.15) is 0 Å². The van der Waals surface area contributed by atoms with Gasteiger partial charge in [-0.15, -0.1) is 0 Å². The number of nitrogens with one attached hydrogen (secondary N) is 1. The quantitative estimate of drug-likeness (QED) is 0.628. The third kappa shape index (κ3) is 6.79. The Hall–Kier alpha value is -1.95. The van der Waals surface area contributed by atoms with E-state index in [9.17, 15) is 0 Å². The lowest BCUT2D eigenvalue weighted by Crippen LogP contribution is -2.24. The Kier molecular flexibility index (Phi) is 9.61. The van der Waals surface area contributed by atoms with Crippen LogP contribution in [0.15, 0.2) is 36.4 Å². The van der Waals surface area contributed by atoms with E-state index < -0.39 is 0 Å². The summed E-state index contributed by atoms with van der Waals surface area (Å²) >= 11 is 0. The zero-order chi connectivity index (χ0) is 21.0. The molecule has 164 valence electrons. The number of pyridine rings is 1. The molecule has 0 aliphatic carbocycles. The molecule has 0 radical (unpaired) electrons. The second-order valence-electron chi connectivity index (χ2n) is 7.93. The van der Waals surface area contributed by atoms with E-state index in [0.29, 0.717) is 13.2 Å². The van der Waals surface area contributed by atoms with Crippen LogP contribution in [0, 0.1) is 0 Å². The zero-order valence-electron chi connectivity index (χ0n) is 18.5. The first-order chi connectivity index (χ1) is 14.8. The molecule has 3 rings (SSSR count). The molecule has 1 aromatic heterocycles. The number of rotatable bonds is 6. The third-order valence-electron chi connectivity index (χ3n) is 5.68. The number of nitrogens with zero attached hydrogens (tertiary/aromatic N) is 1. The maximum absolute atomic E-state index is 6.02. The Bertz CT molecular complexity index is 748. The molecule has 0 saturated carbocycles. The maximum Gasteiger partial charge on any atom is 0.173 e. The molecule has 2 heterocycles. The SMILES string of the molecule is COC(CNc1nc(-c2ccccc2)c2cc1COCCCCCCCCC2)OC. The van der Waals surface area contributed by atoms with Crippen molar-refractivity contribution in [3.8, 4) is 11.3 Å². The minimum atomic E-state index is -0.321. The smallest absolute Gasteiger partial charge is 0.173 e. The van der Waals surface area contributed by atoms with Crippen molar-refractivity contribution in [1.29, 1.82) is 0 Å².